The second-order valence-electron chi connectivity index (χ2n) is 9.21. The van der Waals surface area contributed by atoms with Gasteiger partial charge >= 0.3 is 0 Å². The Bertz CT molecular complexity index is 1710. The van der Waals surface area contributed by atoms with Crippen molar-refractivity contribution in [1.29, 1.82) is 0 Å². The SMILES string of the molecule is COc1cc2c(cc1-c1c(C)noc1C)cc(C(=O)Nc1cc(C)cc(C)n1)c(=O)n2Cc1ccccn1.Cl. The highest BCUT2D eigenvalue weighted by molar-refractivity contribution is 6.06. The lowest BCUT2D eigenvalue weighted by atomic mass is 9.99. The predicted molar refractivity (Wildman–Crippen MR) is 152 cm³/mol. The monoisotopic (exact) mass is 545 g/mol. The van der Waals surface area contributed by atoms with Crippen molar-refractivity contribution < 1.29 is 14.1 Å². The molecule has 5 aromatic rings. The van der Waals surface area contributed by atoms with E-state index in [2.05, 4.69) is 20.4 Å². The van der Waals surface area contributed by atoms with E-state index in [-0.39, 0.29) is 24.5 Å². The van der Waals surface area contributed by atoms with E-state index >= 15 is 0 Å². The molecule has 0 spiro atoms. The normalized spacial score (nSPS) is 10.8. The summed E-state index contributed by atoms with van der Waals surface area (Å²) in [6.07, 6.45) is 1.67. The summed E-state index contributed by atoms with van der Waals surface area (Å²) in [6.45, 7) is 7.63. The van der Waals surface area contributed by atoms with Crippen LogP contribution in [0.1, 0.15) is 38.8 Å². The maximum absolute atomic E-state index is 13.8. The van der Waals surface area contributed by atoms with Crippen LogP contribution in [-0.2, 0) is 6.54 Å². The summed E-state index contributed by atoms with van der Waals surface area (Å²) < 4.78 is 12.7. The first kappa shape index (κ1) is 27.5. The second-order valence-corrected chi connectivity index (χ2v) is 9.21. The topological polar surface area (TPSA) is 112 Å². The number of nitrogens with one attached hydrogen (secondary N) is 1. The number of carbonyl (C=O) groups is 1. The molecule has 0 radical (unpaired) electrons. The highest BCUT2D eigenvalue weighted by atomic mass is 35.5. The fourth-order valence-electron chi connectivity index (χ4n) is 4.70. The van der Waals surface area contributed by atoms with Gasteiger partial charge in [0.25, 0.3) is 11.5 Å². The summed E-state index contributed by atoms with van der Waals surface area (Å²) in [4.78, 5) is 36.0. The third-order valence-electron chi connectivity index (χ3n) is 6.35. The molecule has 0 atom stereocenters. The first-order valence-electron chi connectivity index (χ1n) is 12.1. The van der Waals surface area contributed by atoms with Crippen molar-refractivity contribution in [1.82, 2.24) is 19.7 Å². The zero-order valence-corrected chi connectivity index (χ0v) is 23.0. The Hall–Kier alpha value is -4.50. The lowest BCUT2D eigenvalue weighted by Gasteiger charge is -2.16. The van der Waals surface area contributed by atoms with Crippen LogP contribution in [0.25, 0.3) is 22.0 Å². The van der Waals surface area contributed by atoms with Gasteiger partial charge in [-0.1, -0.05) is 11.2 Å². The van der Waals surface area contributed by atoms with Crippen LogP contribution >= 0.6 is 12.4 Å². The van der Waals surface area contributed by atoms with Crippen molar-refractivity contribution in [3.63, 3.8) is 0 Å². The van der Waals surface area contributed by atoms with E-state index in [1.54, 1.807) is 36.1 Å². The van der Waals surface area contributed by atoms with E-state index in [0.29, 0.717) is 39.6 Å². The molecule has 0 aliphatic rings. The van der Waals surface area contributed by atoms with Gasteiger partial charge < -0.3 is 19.1 Å². The zero-order valence-electron chi connectivity index (χ0n) is 22.2. The van der Waals surface area contributed by atoms with Crippen molar-refractivity contribution in [3.05, 3.63) is 99.1 Å². The smallest absolute Gasteiger partial charge is 0.264 e. The molecule has 4 aromatic heterocycles. The first-order chi connectivity index (χ1) is 18.2. The molecule has 4 heterocycles. The standard InChI is InChI=1S/C29H27N5O4.ClH/c1-16-10-17(2)31-26(11-16)32-28(35)23-13-20-12-22(27-18(3)33-38-19(27)4)25(37-5)14-24(20)34(29(23)36)15-21-8-6-7-9-30-21;/h6-14H,15H2,1-5H3,(H,31,32,35);1H. The number of hydrogen-bond donors (Lipinski definition) is 1. The van der Waals surface area contributed by atoms with Gasteiger partial charge in [0.05, 0.1) is 36.1 Å². The zero-order chi connectivity index (χ0) is 27.0. The number of hydrogen-bond acceptors (Lipinski definition) is 7. The number of amides is 1. The van der Waals surface area contributed by atoms with Gasteiger partial charge in [0.1, 0.15) is 22.9 Å². The lowest BCUT2D eigenvalue weighted by Crippen LogP contribution is -2.30. The number of anilines is 1. The minimum Gasteiger partial charge on any atom is -0.496 e. The van der Waals surface area contributed by atoms with Gasteiger partial charge in [-0.15, -0.1) is 12.4 Å². The number of ether oxygens (including phenoxy) is 1. The molecule has 9 nitrogen and oxygen atoms in total. The van der Waals surface area contributed by atoms with Crippen LogP contribution in [-0.4, -0.2) is 32.7 Å². The Kier molecular flexibility index (Phi) is 7.83. The average molecular weight is 546 g/mol. The molecule has 5 rings (SSSR count). The maximum Gasteiger partial charge on any atom is 0.264 e. The first-order valence-corrected chi connectivity index (χ1v) is 12.1. The third kappa shape index (κ3) is 5.39. The van der Waals surface area contributed by atoms with Gasteiger partial charge in [-0.3, -0.25) is 14.6 Å². The minimum absolute atomic E-state index is 0. The number of rotatable bonds is 6. The number of nitrogens with zero attached hydrogens (tertiary/aromatic N) is 4. The lowest BCUT2D eigenvalue weighted by molar-refractivity contribution is 0.102. The molecule has 0 saturated heterocycles. The molecule has 39 heavy (non-hydrogen) atoms. The number of halogens is 1. The largest absolute Gasteiger partial charge is 0.496 e. The van der Waals surface area contributed by atoms with Gasteiger partial charge in [0.15, 0.2) is 0 Å². The predicted octanol–water partition coefficient (Wildman–Crippen LogP) is 5.41. The highest BCUT2D eigenvalue weighted by Crippen LogP contribution is 2.37. The number of methoxy groups -OCH3 is 1. The third-order valence-corrected chi connectivity index (χ3v) is 6.35. The summed E-state index contributed by atoms with van der Waals surface area (Å²) in [5, 5.41) is 7.54. The molecule has 0 aliphatic heterocycles. The summed E-state index contributed by atoms with van der Waals surface area (Å²) in [6, 6.07) is 14.5. The molecule has 10 heteroatoms. The van der Waals surface area contributed by atoms with Gasteiger partial charge in [-0.05, 0) is 69.7 Å². The summed E-state index contributed by atoms with van der Waals surface area (Å²) in [5.74, 6) is 1.03. The average Bonchev–Trinajstić information content (AvgIpc) is 3.22. The van der Waals surface area contributed by atoms with E-state index in [1.165, 1.54) is 0 Å². The number of aromatic nitrogens is 4. The van der Waals surface area contributed by atoms with E-state index < -0.39 is 11.5 Å². The van der Waals surface area contributed by atoms with Gasteiger partial charge in [0.2, 0.25) is 0 Å². The number of pyridine rings is 3. The van der Waals surface area contributed by atoms with Gasteiger partial charge in [-0.25, -0.2) is 4.98 Å². The van der Waals surface area contributed by atoms with Crippen LogP contribution in [0, 0.1) is 27.7 Å². The summed E-state index contributed by atoms with van der Waals surface area (Å²) in [5.41, 5.74) is 4.81. The van der Waals surface area contributed by atoms with Crippen molar-refractivity contribution in [3.8, 4) is 16.9 Å². The van der Waals surface area contributed by atoms with Crippen molar-refractivity contribution in [2.45, 2.75) is 34.2 Å². The molecule has 1 N–H and O–H groups in total. The fraction of sp³-hybridized carbons (Fsp3) is 0.207. The van der Waals surface area contributed by atoms with Crippen LogP contribution in [0.15, 0.2) is 64.0 Å². The molecule has 0 bridgehead atoms. The summed E-state index contributed by atoms with van der Waals surface area (Å²) >= 11 is 0. The molecule has 0 unspecified atom stereocenters. The Morgan fingerprint density at radius 1 is 1.08 bits per heavy atom. The molecule has 0 saturated carbocycles. The Balaban J connectivity index is 0.00000353. The van der Waals surface area contributed by atoms with Gasteiger partial charge in [0, 0.05) is 28.9 Å². The van der Waals surface area contributed by atoms with Crippen LogP contribution < -0.4 is 15.6 Å². The molecular weight excluding hydrogens is 518 g/mol. The molecule has 1 amide bonds. The van der Waals surface area contributed by atoms with Crippen LogP contribution in [0.5, 0.6) is 5.75 Å². The van der Waals surface area contributed by atoms with Crippen LogP contribution in [0.4, 0.5) is 5.82 Å². The number of fused-ring (bicyclic) bond motifs is 1. The molecule has 200 valence electrons. The van der Waals surface area contributed by atoms with Crippen molar-refractivity contribution >= 4 is 35.0 Å². The maximum atomic E-state index is 13.8. The quantitative estimate of drug-likeness (QED) is 0.303. The number of benzene rings is 1. The number of carbonyl (C=O) groups excluding carboxylic acids is 1. The van der Waals surface area contributed by atoms with Crippen LogP contribution in [0.3, 0.4) is 0 Å². The van der Waals surface area contributed by atoms with E-state index in [9.17, 15) is 9.59 Å². The second kappa shape index (κ2) is 11.1. The van der Waals surface area contributed by atoms with Crippen LogP contribution in [0.2, 0.25) is 0 Å². The Morgan fingerprint density at radius 2 is 1.87 bits per heavy atom. The molecule has 0 fully saturated rings. The minimum atomic E-state index is -0.543. The van der Waals surface area contributed by atoms with E-state index in [0.717, 1.165) is 22.4 Å². The van der Waals surface area contributed by atoms with E-state index in [4.69, 9.17) is 9.26 Å². The fourth-order valence-corrected chi connectivity index (χ4v) is 4.70. The Labute approximate surface area is 231 Å². The molecule has 0 aliphatic carbocycles. The van der Waals surface area contributed by atoms with E-state index in [1.807, 2.05) is 58.0 Å². The van der Waals surface area contributed by atoms with Gasteiger partial charge in [-0.2, -0.15) is 0 Å². The summed E-state index contributed by atoms with van der Waals surface area (Å²) in [7, 11) is 1.57. The van der Waals surface area contributed by atoms with Crippen molar-refractivity contribution in [2.24, 2.45) is 0 Å². The van der Waals surface area contributed by atoms with Crippen molar-refractivity contribution in [2.75, 3.05) is 12.4 Å². The Morgan fingerprint density at radius 3 is 2.51 bits per heavy atom. The molecule has 1 aromatic carbocycles. The molecular formula is C29H28ClN5O4. The number of aryl methyl sites for hydroxylation is 4. The highest BCUT2D eigenvalue weighted by Gasteiger charge is 2.22.